The van der Waals surface area contributed by atoms with Crippen LogP contribution in [0.4, 0.5) is 0 Å². The molecule has 0 aromatic carbocycles. The van der Waals surface area contributed by atoms with E-state index in [4.69, 9.17) is 4.74 Å². The van der Waals surface area contributed by atoms with Crippen LogP contribution in [0.3, 0.4) is 0 Å². The average Bonchev–Trinajstić information content (AvgIpc) is 2.92. The van der Waals surface area contributed by atoms with Crippen LogP contribution < -0.4 is 5.32 Å². The highest BCUT2D eigenvalue weighted by molar-refractivity contribution is 7.10. The van der Waals surface area contributed by atoms with Gasteiger partial charge < -0.3 is 9.64 Å². The third-order valence-electron chi connectivity index (χ3n) is 4.98. The molecule has 1 aliphatic carbocycles. The van der Waals surface area contributed by atoms with Crippen molar-refractivity contribution in [1.82, 2.24) is 10.2 Å². The van der Waals surface area contributed by atoms with E-state index in [-0.39, 0.29) is 17.7 Å². The van der Waals surface area contributed by atoms with Crippen molar-refractivity contribution in [2.75, 3.05) is 13.2 Å². The maximum atomic E-state index is 12.8. The zero-order chi connectivity index (χ0) is 13.7. The molecule has 4 nitrogen and oxygen atoms in total. The Labute approximate surface area is 123 Å². The van der Waals surface area contributed by atoms with E-state index >= 15 is 0 Å². The molecule has 2 aliphatic heterocycles. The molecule has 3 atom stereocenters. The smallest absolute Gasteiger partial charge is 0.244 e. The molecule has 1 spiro atoms. The van der Waals surface area contributed by atoms with Crippen molar-refractivity contribution < 1.29 is 9.53 Å². The lowest BCUT2D eigenvalue weighted by Crippen LogP contribution is -2.43. The Morgan fingerprint density at radius 3 is 3.00 bits per heavy atom. The van der Waals surface area contributed by atoms with E-state index < -0.39 is 0 Å². The van der Waals surface area contributed by atoms with Gasteiger partial charge >= 0.3 is 0 Å². The molecule has 3 unspecified atom stereocenters. The van der Waals surface area contributed by atoms with Crippen molar-refractivity contribution in [3.8, 4) is 0 Å². The molecule has 4 rings (SSSR count). The van der Waals surface area contributed by atoms with Crippen LogP contribution in [-0.4, -0.2) is 35.6 Å². The minimum absolute atomic E-state index is 0.0561. The van der Waals surface area contributed by atoms with E-state index in [9.17, 15) is 4.79 Å². The van der Waals surface area contributed by atoms with Crippen LogP contribution in [0.25, 0.3) is 0 Å². The minimum Gasteiger partial charge on any atom is -0.381 e. The Kier molecular flexibility index (Phi) is 2.91. The quantitative estimate of drug-likeness (QED) is 0.928. The molecular weight excluding hydrogens is 272 g/mol. The fourth-order valence-electron chi connectivity index (χ4n) is 3.48. The Hall–Kier alpha value is -0.910. The summed E-state index contributed by atoms with van der Waals surface area (Å²) in [6.45, 7) is 3.80. The average molecular weight is 292 g/mol. The Morgan fingerprint density at radius 2 is 2.40 bits per heavy atom. The van der Waals surface area contributed by atoms with E-state index in [1.54, 1.807) is 11.3 Å². The Bertz CT molecular complexity index is 506. The standard InChI is InChI=1S/C15H20N2O2S/c1-10(11-4-7-19-9-11)17-13(12-3-2-8-20-12)16-15(5-6-15)14(17)18/h2-3,8,10-11,13,16H,4-7,9H2,1H3. The van der Waals surface area contributed by atoms with Crippen molar-refractivity contribution in [2.24, 2.45) is 5.92 Å². The first kappa shape index (κ1) is 12.8. The van der Waals surface area contributed by atoms with Gasteiger partial charge in [-0.05, 0) is 37.6 Å². The van der Waals surface area contributed by atoms with E-state index in [0.717, 1.165) is 32.5 Å². The predicted octanol–water partition coefficient (Wildman–Crippen LogP) is 2.14. The van der Waals surface area contributed by atoms with Crippen LogP contribution in [0.5, 0.6) is 0 Å². The van der Waals surface area contributed by atoms with Crippen molar-refractivity contribution in [3.05, 3.63) is 22.4 Å². The second kappa shape index (κ2) is 4.55. The van der Waals surface area contributed by atoms with E-state index in [1.807, 2.05) is 0 Å². The van der Waals surface area contributed by atoms with Crippen LogP contribution in [0, 0.1) is 5.92 Å². The first-order valence-corrected chi connectivity index (χ1v) is 8.31. The fourth-order valence-corrected chi connectivity index (χ4v) is 4.25. The van der Waals surface area contributed by atoms with Gasteiger partial charge in [-0.1, -0.05) is 6.07 Å². The van der Waals surface area contributed by atoms with Crippen LogP contribution in [0.1, 0.15) is 37.2 Å². The zero-order valence-corrected chi connectivity index (χ0v) is 12.5. The van der Waals surface area contributed by atoms with Crippen LogP contribution >= 0.6 is 11.3 Å². The molecule has 1 aromatic heterocycles. The molecule has 3 heterocycles. The number of hydrogen-bond acceptors (Lipinski definition) is 4. The first-order chi connectivity index (χ1) is 9.71. The Morgan fingerprint density at radius 1 is 1.55 bits per heavy atom. The van der Waals surface area contributed by atoms with Crippen molar-refractivity contribution in [3.63, 3.8) is 0 Å². The van der Waals surface area contributed by atoms with Gasteiger partial charge in [0.15, 0.2) is 0 Å². The Balaban J connectivity index is 1.64. The molecule has 20 heavy (non-hydrogen) atoms. The molecule has 1 saturated carbocycles. The first-order valence-electron chi connectivity index (χ1n) is 7.43. The number of carbonyl (C=O) groups is 1. The number of hydrogen-bond donors (Lipinski definition) is 1. The molecule has 3 fully saturated rings. The normalized spacial score (nSPS) is 33.0. The fraction of sp³-hybridized carbons (Fsp3) is 0.667. The second-order valence-electron chi connectivity index (χ2n) is 6.22. The maximum Gasteiger partial charge on any atom is 0.244 e. The molecule has 3 aliphatic rings. The van der Waals surface area contributed by atoms with Gasteiger partial charge in [0.2, 0.25) is 5.91 Å². The number of nitrogens with zero attached hydrogens (tertiary/aromatic N) is 1. The molecule has 1 N–H and O–H groups in total. The van der Waals surface area contributed by atoms with Gasteiger partial charge in [0.05, 0.1) is 6.61 Å². The number of carbonyl (C=O) groups excluding carboxylic acids is 1. The lowest BCUT2D eigenvalue weighted by Gasteiger charge is -2.33. The summed E-state index contributed by atoms with van der Waals surface area (Å²) in [5.74, 6) is 0.771. The zero-order valence-electron chi connectivity index (χ0n) is 11.7. The lowest BCUT2D eigenvalue weighted by molar-refractivity contribution is -0.133. The third kappa shape index (κ3) is 1.84. The maximum absolute atomic E-state index is 12.8. The van der Waals surface area contributed by atoms with Gasteiger partial charge in [-0.25, -0.2) is 0 Å². The predicted molar refractivity (Wildman–Crippen MR) is 77.4 cm³/mol. The van der Waals surface area contributed by atoms with Gasteiger partial charge in [0.1, 0.15) is 11.7 Å². The summed E-state index contributed by atoms with van der Waals surface area (Å²) < 4.78 is 5.51. The third-order valence-corrected chi connectivity index (χ3v) is 5.91. The summed E-state index contributed by atoms with van der Waals surface area (Å²) in [7, 11) is 0. The molecule has 0 bridgehead atoms. The van der Waals surface area contributed by atoms with Crippen LogP contribution in [0.2, 0.25) is 0 Å². The molecule has 2 saturated heterocycles. The van der Waals surface area contributed by atoms with Gasteiger partial charge in [-0.2, -0.15) is 0 Å². The second-order valence-corrected chi connectivity index (χ2v) is 7.20. The summed E-state index contributed by atoms with van der Waals surface area (Å²) in [6, 6.07) is 4.43. The topological polar surface area (TPSA) is 41.6 Å². The number of rotatable bonds is 3. The van der Waals surface area contributed by atoms with Crippen LogP contribution in [0.15, 0.2) is 17.5 Å². The highest BCUT2D eigenvalue weighted by Crippen LogP contribution is 2.48. The molecule has 108 valence electrons. The summed E-state index contributed by atoms with van der Waals surface area (Å²) in [6.07, 6.45) is 3.09. The lowest BCUT2D eigenvalue weighted by atomic mass is 9.98. The summed E-state index contributed by atoms with van der Waals surface area (Å²) in [4.78, 5) is 16.2. The van der Waals surface area contributed by atoms with Crippen LogP contribution in [-0.2, 0) is 9.53 Å². The van der Waals surface area contributed by atoms with Crippen molar-refractivity contribution >= 4 is 17.2 Å². The molecule has 1 aromatic rings. The monoisotopic (exact) mass is 292 g/mol. The summed E-state index contributed by atoms with van der Waals surface area (Å²) >= 11 is 1.73. The number of amides is 1. The molecule has 0 radical (unpaired) electrons. The molecule has 1 amide bonds. The van der Waals surface area contributed by atoms with Gasteiger partial charge in [0.25, 0.3) is 0 Å². The van der Waals surface area contributed by atoms with Gasteiger partial charge in [-0.3, -0.25) is 10.1 Å². The van der Waals surface area contributed by atoms with Gasteiger partial charge in [-0.15, -0.1) is 11.3 Å². The van der Waals surface area contributed by atoms with E-state index in [2.05, 4.69) is 34.7 Å². The summed E-state index contributed by atoms with van der Waals surface area (Å²) in [5, 5.41) is 5.68. The number of thiophene rings is 1. The largest absolute Gasteiger partial charge is 0.381 e. The highest BCUT2D eigenvalue weighted by atomic mass is 32.1. The highest BCUT2D eigenvalue weighted by Gasteiger charge is 2.60. The SMILES string of the molecule is CC(C1CCOC1)N1C(=O)C2(CC2)NC1c1cccs1. The molecular formula is C15H20N2O2S. The number of nitrogens with one attached hydrogen (secondary N) is 1. The van der Waals surface area contributed by atoms with Crippen molar-refractivity contribution in [1.29, 1.82) is 0 Å². The molecule has 5 heteroatoms. The summed E-state index contributed by atoms with van der Waals surface area (Å²) in [5.41, 5.74) is -0.248. The van der Waals surface area contributed by atoms with Gasteiger partial charge in [0, 0.05) is 23.4 Å². The van der Waals surface area contributed by atoms with E-state index in [0.29, 0.717) is 11.8 Å². The van der Waals surface area contributed by atoms with E-state index in [1.165, 1.54) is 4.88 Å². The number of ether oxygens (including phenoxy) is 1. The van der Waals surface area contributed by atoms with Crippen molar-refractivity contribution in [2.45, 2.75) is 43.9 Å². The minimum atomic E-state index is -0.248.